The molecule has 0 saturated carbocycles. The highest BCUT2D eigenvalue weighted by atomic mass is 16.4. The molecule has 4 nitrogen and oxygen atoms in total. The Hall–Kier alpha value is -1.71. The minimum absolute atomic E-state index is 0.0837. The monoisotopic (exact) mass is 250 g/mol. The quantitative estimate of drug-likeness (QED) is 0.809. The van der Waals surface area contributed by atoms with Gasteiger partial charge in [0.25, 0.3) is 0 Å². The number of aromatic carboxylic acids is 1. The molecule has 0 saturated heterocycles. The maximum Gasteiger partial charge on any atom is 0.337 e. The summed E-state index contributed by atoms with van der Waals surface area (Å²) in [5.41, 5.74) is 7.26. The van der Waals surface area contributed by atoms with Gasteiger partial charge in [0.05, 0.1) is 16.9 Å². The molecular weight excluding hydrogens is 228 g/mol. The van der Waals surface area contributed by atoms with Crippen molar-refractivity contribution in [2.75, 3.05) is 17.7 Å². The van der Waals surface area contributed by atoms with E-state index in [4.69, 9.17) is 10.8 Å². The van der Waals surface area contributed by atoms with Crippen molar-refractivity contribution in [1.29, 1.82) is 0 Å². The van der Waals surface area contributed by atoms with Crippen LogP contribution in [-0.4, -0.2) is 24.2 Å². The van der Waals surface area contributed by atoms with E-state index in [1.807, 2.05) is 18.0 Å². The molecule has 0 bridgehead atoms. The van der Waals surface area contributed by atoms with Gasteiger partial charge in [-0.1, -0.05) is 26.8 Å². The summed E-state index contributed by atoms with van der Waals surface area (Å²) < 4.78 is 0. The first-order valence-electron chi connectivity index (χ1n) is 6.01. The van der Waals surface area contributed by atoms with E-state index in [-0.39, 0.29) is 17.0 Å². The number of rotatable bonds is 3. The molecule has 18 heavy (non-hydrogen) atoms. The second-order valence-electron chi connectivity index (χ2n) is 5.70. The molecule has 0 aliphatic rings. The summed E-state index contributed by atoms with van der Waals surface area (Å²) in [5, 5.41) is 9.07. The molecule has 0 aliphatic heterocycles. The number of carboxylic acids is 1. The molecule has 1 aromatic rings. The number of carboxylic acid groups (broad SMARTS) is 1. The average Bonchev–Trinajstić information content (AvgIpc) is 2.25. The maximum absolute atomic E-state index is 11.1. The van der Waals surface area contributed by atoms with Crippen molar-refractivity contribution in [3.63, 3.8) is 0 Å². The van der Waals surface area contributed by atoms with Gasteiger partial charge in [-0.2, -0.15) is 0 Å². The third-order valence-corrected chi connectivity index (χ3v) is 3.53. The Balaban J connectivity index is 3.18. The van der Waals surface area contributed by atoms with Gasteiger partial charge in [-0.15, -0.1) is 0 Å². The molecule has 0 fully saturated rings. The Labute approximate surface area is 108 Å². The van der Waals surface area contributed by atoms with Crippen LogP contribution >= 0.6 is 0 Å². The molecule has 1 rings (SSSR count). The molecule has 0 radical (unpaired) electrons. The highest BCUT2D eigenvalue weighted by Crippen LogP contribution is 2.32. The largest absolute Gasteiger partial charge is 0.478 e. The van der Waals surface area contributed by atoms with Crippen LogP contribution in [-0.2, 0) is 0 Å². The van der Waals surface area contributed by atoms with Crippen LogP contribution in [0, 0.1) is 5.41 Å². The maximum atomic E-state index is 11.1. The van der Waals surface area contributed by atoms with Gasteiger partial charge in [-0.05, 0) is 24.5 Å². The number of hydrogen-bond donors (Lipinski definition) is 2. The van der Waals surface area contributed by atoms with Crippen molar-refractivity contribution in [3.05, 3.63) is 23.8 Å². The zero-order valence-electron chi connectivity index (χ0n) is 11.7. The van der Waals surface area contributed by atoms with Gasteiger partial charge in [0.2, 0.25) is 0 Å². The first kappa shape index (κ1) is 14.4. The van der Waals surface area contributed by atoms with E-state index in [0.29, 0.717) is 5.69 Å². The van der Waals surface area contributed by atoms with Gasteiger partial charge >= 0.3 is 5.97 Å². The third kappa shape index (κ3) is 2.75. The standard InChI is InChI=1S/C14H22N2O2/c1-9(14(2,3)4)16(5)11-8-6-7-10(12(11)15)13(17)18/h6-9H,15H2,1-5H3,(H,17,18). The van der Waals surface area contributed by atoms with Gasteiger partial charge in [0.15, 0.2) is 0 Å². The lowest BCUT2D eigenvalue weighted by molar-refractivity contribution is 0.0698. The Morgan fingerprint density at radius 2 is 1.94 bits per heavy atom. The molecule has 4 heteroatoms. The van der Waals surface area contributed by atoms with E-state index in [1.54, 1.807) is 6.07 Å². The number of carbonyl (C=O) groups is 1. The fraction of sp³-hybridized carbons (Fsp3) is 0.500. The molecular formula is C14H22N2O2. The normalized spacial score (nSPS) is 13.2. The molecule has 1 aromatic carbocycles. The van der Waals surface area contributed by atoms with Gasteiger partial charge in [-0.25, -0.2) is 4.79 Å². The Bertz CT molecular complexity index is 450. The number of nitrogen functional groups attached to an aromatic ring is 1. The lowest BCUT2D eigenvalue weighted by atomic mass is 9.87. The van der Waals surface area contributed by atoms with E-state index in [2.05, 4.69) is 27.7 Å². The first-order chi connectivity index (χ1) is 8.16. The van der Waals surface area contributed by atoms with E-state index in [0.717, 1.165) is 5.69 Å². The molecule has 0 heterocycles. The van der Waals surface area contributed by atoms with Crippen LogP contribution in [0.4, 0.5) is 11.4 Å². The molecule has 0 spiro atoms. The summed E-state index contributed by atoms with van der Waals surface area (Å²) in [6.45, 7) is 8.54. The van der Waals surface area contributed by atoms with E-state index in [1.165, 1.54) is 6.07 Å². The van der Waals surface area contributed by atoms with E-state index >= 15 is 0 Å². The fourth-order valence-corrected chi connectivity index (χ4v) is 1.84. The van der Waals surface area contributed by atoms with Crippen molar-refractivity contribution in [3.8, 4) is 0 Å². The predicted molar refractivity (Wildman–Crippen MR) is 75.1 cm³/mol. The summed E-state index contributed by atoms with van der Waals surface area (Å²) >= 11 is 0. The molecule has 0 aliphatic carbocycles. The minimum Gasteiger partial charge on any atom is -0.478 e. The number of anilines is 2. The van der Waals surface area contributed by atoms with E-state index in [9.17, 15) is 4.79 Å². The van der Waals surface area contributed by atoms with Gasteiger partial charge in [-0.3, -0.25) is 0 Å². The molecule has 0 aromatic heterocycles. The summed E-state index contributed by atoms with van der Waals surface area (Å²) in [6.07, 6.45) is 0. The summed E-state index contributed by atoms with van der Waals surface area (Å²) in [5.74, 6) is -0.994. The van der Waals surface area contributed by atoms with Gasteiger partial charge in [0, 0.05) is 13.1 Å². The van der Waals surface area contributed by atoms with Crippen LogP contribution in [0.5, 0.6) is 0 Å². The minimum atomic E-state index is -0.994. The second kappa shape index (κ2) is 4.88. The fourth-order valence-electron chi connectivity index (χ4n) is 1.84. The molecule has 1 atom stereocenters. The summed E-state index contributed by atoms with van der Waals surface area (Å²) in [4.78, 5) is 13.1. The van der Waals surface area contributed by atoms with Crippen LogP contribution in [0.3, 0.4) is 0 Å². The molecule has 3 N–H and O–H groups in total. The zero-order valence-corrected chi connectivity index (χ0v) is 11.7. The summed E-state index contributed by atoms with van der Waals surface area (Å²) in [6, 6.07) is 5.34. The van der Waals surface area contributed by atoms with Crippen LogP contribution in [0.25, 0.3) is 0 Å². The van der Waals surface area contributed by atoms with Crippen LogP contribution < -0.4 is 10.6 Å². The highest BCUT2D eigenvalue weighted by Gasteiger charge is 2.26. The lowest BCUT2D eigenvalue weighted by Crippen LogP contribution is -2.39. The SMILES string of the molecule is CC(N(C)c1cccc(C(=O)O)c1N)C(C)(C)C. The van der Waals surface area contributed by atoms with Crippen molar-refractivity contribution in [2.24, 2.45) is 5.41 Å². The summed E-state index contributed by atoms with van der Waals surface area (Å²) in [7, 11) is 1.94. The van der Waals surface area contributed by atoms with Crippen LogP contribution in [0.2, 0.25) is 0 Å². The first-order valence-corrected chi connectivity index (χ1v) is 6.01. The van der Waals surface area contributed by atoms with Crippen molar-refractivity contribution >= 4 is 17.3 Å². The van der Waals surface area contributed by atoms with Crippen molar-refractivity contribution < 1.29 is 9.90 Å². The molecule has 0 amide bonds. The third-order valence-electron chi connectivity index (χ3n) is 3.53. The number of hydrogen-bond acceptors (Lipinski definition) is 3. The lowest BCUT2D eigenvalue weighted by Gasteiger charge is -2.37. The molecule has 100 valence electrons. The predicted octanol–water partition coefficient (Wildman–Crippen LogP) is 2.84. The van der Waals surface area contributed by atoms with Crippen LogP contribution in [0.15, 0.2) is 18.2 Å². The molecule has 1 unspecified atom stereocenters. The smallest absolute Gasteiger partial charge is 0.337 e. The zero-order chi connectivity index (χ0) is 14.1. The number of nitrogens with zero attached hydrogens (tertiary/aromatic N) is 1. The van der Waals surface area contributed by atoms with Crippen LogP contribution in [0.1, 0.15) is 38.1 Å². The Morgan fingerprint density at radius 1 is 1.39 bits per heavy atom. The Morgan fingerprint density at radius 3 is 2.39 bits per heavy atom. The second-order valence-corrected chi connectivity index (χ2v) is 5.70. The number of nitrogens with two attached hydrogens (primary N) is 1. The average molecular weight is 250 g/mol. The van der Waals surface area contributed by atoms with Crippen molar-refractivity contribution in [1.82, 2.24) is 0 Å². The number of benzene rings is 1. The Kier molecular flexibility index (Phi) is 3.89. The van der Waals surface area contributed by atoms with Gasteiger partial charge < -0.3 is 15.7 Å². The van der Waals surface area contributed by atoms with Gasteiger partial charge in [0.1, 0.15) is 0 Å². The van der Waals surface area contributed by atoms with Crippen molar-refractivity contribution in [2.45, 2.75) is 33.7 Å². The van der Waals surface area contributed by atoms with E-state index < -0.39 is 5.97 Å². The highest BCUT2D eigenvalue weighted by molar-refractivity contribution is 5.97. The number of para-hydroxylation sites is 1. The topological polar surface area (TPSA) is 66.6 Å².